The topological polar surface area (TPSA) is 51.8 Å². The van der Waals surface area contributed by atoms with E-state index in [4.69, 9.17) is 15.7 Å². The van der Waals surface area contributed by atoms with Crippen molar-refractivity contribution in [3.05, 3.63) is 118 Å². The van der Waals surface area contributed by atoms with E-state index in [-0.39, 0.29) is 5.25 Å². The van der Waals surface area contributed by atoms with Gasteiger partial charge < -0.3 is 5.73 Å². The molecule has 0 bridgehead atoms. The van der Waals surface area contributed by atoms with Crippen LogP contribution in [-0.2, 0) is 12.2 Å². The summed E-state index contributed by atoms with van der Waals surface area (Å²) in [5.41, 5.74) is 11.9. The molecule has 3 aromatic carbocycles. The van der Waals surface area contributed by atoms with E-state index < -0.39 is 0 Å². The number of nitrogens with zero attached hydrogens (tertiary/aromatic N) is 2. The third-order valence-corrected chi connectivity index (χ3v) is 9.91. The zero-order valence-electron chi connectivity index (χ0n) is 18.4. The van der Waals surface area contributed by atoms with Crippen molar-refractivity contribution >= 4 is 50.9 Å². The molecule has 2 atom stereocenters. The van der Waals surface area contributed by atoms with Crippen LogP contribution in [0.25, 0.3) is 10.2 Å². The average Bonchev–Trinajstić information content (AvgIpc) is 3.27. The van der Waals surface area contributed by atoms with E-state index in [9.17, 15) is 0 Å². The Bertz CT molecular complexity index is 1420. The lowest BCUT2D eigenvalue weighted by Gasteiger charge is -2.30. The third-order valence-electron chi connectivity index (χ3n) is 6.10. The van der Waals surface area contributed by atoms with Crippen molar-refractivity contribution in [2.45, 2.75) is 27.8 Å². The fourth-order valence-corrected chi connectivity index (χ4v) is 8.35. The number of hydrogen-bond donors (Lipinski definition) is 1. The molecule has 2 N–H and O–H groups in total. The molecule has 1 aliphatic heterocycles. The van der Waals surface area contributed by atoms with Crippen LogP contribution in [0.15, 0.2) is 96.2 Å². The van der Waals surface area contributed by atoms with E-state index in [1.165, 1.54) is 27.1 Å². The predicted molar refractivity (Wildman–Crippen MR) is 147 cm³/mol. The number of nitrogen functional groups attached to an aromatic ring is 1. The molecule has 6 rings (SSSR count). The molecule has 0 saturated carbocycles. The SMILES string of the molecule is Nc1nc(SCc2ccccc2)nc2sc3c(c12)C[C@@H](c1ccccc1)S[C@H]3c1ccccc1. The highest BCUT2D eigenvalue weighted by Crippen LogP contribution is 2.55. The van der Waals surface area contributed by atoms with Crippen molar-refractivity contribution in [3.63, 3.8) is 0 Å². The molecule has 2 aromatic heterocycles. The number of anilines is 1. The Balaban J connectivity index is 1.42. The minimum absolute atomic E-state index is 0.258. The van der Waals surface area contributed by atoms with Gasteiger partial charge in [-0.3, -0.25) is 0 Å². The summed E-state index contributed by atoms with van der Waals surface area (Å²) in [7, 11) is 0. The van der Waals surface area contributed by atoms with E-state index in [1.54, 1.807) is 23.1 Å². The van der Waals surface area contributed by atoms with Gasteiger partial charge in [0.25, 0.3) is 0 Å². The van der Waals surface area contributed by atoms with E-state index >= 15 is 0 Å². The summed E-state index contributed by atoms with van der Waals surface area (Å²) in [6.07, 6.45) is 0.942. The third kappa shape index (κ3) is 4.22. The van der Waals surface area contributed by atoms with Gasteiger partial charge in [0.1, 0.15) is 10.6 Å². The molecular formula is C28H23N3S3. The minimum Gasteiger partial charge on any atom is -0.383 e. The fraction of sp³-hybridized carbons (Fsp3) is 0.143. The molecule has 0 radical (unpaired) electrons. The summed E-state index contributed by atoms with van der Waals surface area (Å²) in [6, 6.07) is 32.0. The number of fused-ring (bicyclic) bond motifs is 3. The number of nitrogens with two attached hydrogens (primary N) is 1. The highest BCUT2D eigenvalue weighted by molar-refractivity contribution is 8.00. The van der Waals surface area contributed by atoms with Gasteiger partial charge in [0, 0.05) is 15.9 Å². The molecule has 6 heteroatoms. The van der Waals surface area contributed by atoms with E-state index in [2.05, 4.69) is 84.9 Å². The molecular weight excluding hydrogens is 475 g/mol. The first-order chi connectivity index (χ1) is 16.8. The number of rotatable bonds is 5. The Morgan fingerprint density at radius 2 is 1.47 bits per heavy atom. The summed E-state index contributed by atoms with van der Waals surface area (Å²) in [5, 5.41) is 2.42. The van der Waals surface area contributed by atoms with E-state index in [1.807, 2.05) is 17.8 Å². The van der Waals surface area contributed by atoms with Gasteiger partial charge in [0.05, 0.1) is 10.6 Å². The highest BCUT2D eigenvalue weighted by Gasteiger charge is 2.34. The smallest absolute Gasteiger partial charge is 0.191 e. The van der Waals surface area contributed by atoms with Crippen LogP contribution >= 0.6 is 34.9 Å². The molecule has 0 saturated heterocycles. The molecule has 0 aliphatic carbocycles. The van der Waals surface area contributed by atoms with Gasteiger partial charge in [-0.2, -0.15) is 0 Å². The molecule has 0 amide bonds. The molecule has 168 valence electrons. The van der Waals surface area contributed by atoms with Crippen LogP contribution in [0.3, 0.4) is 0 Å². The molecule has 0 fully saturated rings. The van der Waals surface area contributed by atoms with Crippen LogP contribution in [0, 0.1) is 0 Å². The summed E-state index contributed by atoms with van der Waals surface area (Å²) in [6.45, 7) is 0. The van der Waals surface area contributed by atoms with Gasteiger partial charge in [-0.05, 0) is 28.7 Å². The Morgan fingerprint density at radius 3 is 2.18 bits per heavy atom. The van der Waals surface area contributed by atoms with Gasteiger partial charge in [0.2, 0.25) is 0 Å². The van der Waals surface area contributed by atoms with Crippen LogP contribution in [0.2, 0.25) is 0 Å². The Kier molecular flexibility index (Phi) is 6.04. The standard InChI is InChI=1S/C28H23N3S3/c29-26-23-21-16-22(19-12-6-2-7-13-19)33-24(20-14-8-3-9-15-20)25(21)34-27(23)31-28(30-26)32-17-18-10-4-1-5-11-18/h1-15,22,24H,16-17H2,(H2,29,30,31)/t22-,24-/m0/s1. The Morgan fingerprint density at radius 1 is 0.824 bits per heavy atom. The van der Waals surface area contributed by atoms with E-state index in [0.717, 1.165) is 27.5 Å². The lowest BCUT2D eigenvalue weighted by Crippen LogP contribution is -2.12. The fourth-order valence-electron chi connectivity index (χ4n) is 4.47. The maximum absolute atomic E-state index is 6.60. The van der Waals surface area contributed by atoms with E-state index in [0.29, 0.717) is 11.1 Å². The lowest BCUT2D eigenvalue weighted by molar-refractivity contribution is 0.893. The van der Waals surface area contributed by atoms with Crippen LogP contribution in [0.4, 0.5) is 5.82 Å². The maximum Gasteiger partial charge on any atom is 0.191 e. The molecule has 0 unspecified atom stereocenters. The molecule has 1 aliphatic rings. The van der Waals surface area contributed by atoms with Crippen molar-refractivity contribution in [3.8, 4) is 0 Å². The molecule has 3 nitrogen and oxygen atoms in total. The number of hydrogen-bond acceptors (Lipinski definition) is 6. The van der Waals surface area contributed by atoms with Crippen LogP contribution in [0.1, 0.15) is 37.6 Å². The van der Waals surface area contributed by atoms with Crippen molar-refractivity contribution in [1.29, 1.82) is 0 Å². The van der Waals surface area contributed by atoms with Crippen LogP contribution in [-0.4, -0.2) is 9.97 Å². The van der Waals surface area contributed by atoms with Crippen LogP contribution in [0.5, 0.6) is 0 Å². The van der Waals surface area contributed by atoms with Gasteiger partial charge >= 0.3 is 0 Å². The van der Waals surface area contributed by atoms with Gasteiger partial charge in [0.15, 0.2) is 5.16 Å². The monoisotopic (exact) mass is 497 g/mol. The van der Waals surface area contributed by atoms with Crippen LogP contribution < -0.4 is 5.73 Å². The normalized spacial score (nSPS) is 17.5. The molecule has 5 aromatic rings. The Hall–Kier alpha value is -2.80. The number of thioether (sulfide) groups is 2. The maximum atomic E-state index is 6.60. The highest BCUT2D eigenvalue weighted by atomic mass is 32.2. The Labute approximate surface area is 211 Å². The second kappa shape index (κ2) is 9.45. The summed E-state index contributed by atoms with van der Waals surface area (Å²) in [5.74, 6) is 1.43. The second-order valence-corrected chi connectivity index (χ2v) is 11.6. The summed E-state index contributed by atoms with van der Waals surface area (Å²) >= 11 is 5.46. The second-order valence-electron chi connectivity index (χ2n) is 8.32. The number of aromatic nitrogens is 2. The first kappa shape index (κ1) is 21.7. The quantitative estimate of drug-likeness (QED) is 0.199. The van der Waals surface area contributed by atoms with Crippen molar-refractivity contribution in [1.82, 2.24) is 9.97 Å². The predicted octanol–water partition coefficient (Wildman–Crippen LogP) is 7.69. The average molecular weight is 498 g/mol. The van der Waals surface area contributed by atoms with Gasteiger partial charge in [-0.1, -0.05) is 103 Å². The summed E-state index contributed by atoms with van der Waals surface area (Å²) < 4.78 is 0. The molecule has 34 heavy (non-hydrogen) atoms. The first-order valence-electron chi connectivity index (χ1n) is 11.3. The van der Waals surface area contributed by atoms with Gasteiger partial charge in [-0.15, -0.1) is 23.1 Å². The summed E-state index contributed by atoms with van der Waals surface area (Å²) in [4.78, 5) is 12.1. The lowest BCUT2D eigenvalue weighted by atomic mass is 9.98. The minimum atomic E-state index is 0.258. The van der Waals surface area contributed by atoms with Crippen molar-refractivity contribution in [2.75, 3.05) is 5.73 Å². The van der Waals surface area contributed by atoms with Crippen molar-refractivity contribution in [2.24, 2.45) is 0 Å². The molecule has 3 heterocycles. The van der Waals surface area contributed by atoms with Crippen molar-refractivity contribution < 1.29 is 0 Å². The zero-order valence-corrected chi connectivity index (χ0v) is 20.9. The number of thiophene rings is 1. The number of benzene rings is 3. The largest absolute Gasteiger partial charge is 0.383 e. The first-order valence-corrected chi connectivity index (χ1v) is 14.0. The zero-order chi connectivity index (χ0) is 22.9. The molecule has 0 spiro atoms. The van der Waals surface area contributed by atoms with Gasteiger partial charge in [-0.25, -0.2) is 9.97 Å².